The Bertz CT molecular complexity index is 683. The average molecular weight is 311 g/mol. The number of carbonyl (C=O) groups excluding carboxylic acids is 1. The first-order valence-electron chi connectivity index (χ1n) is 6.73. The molecule has 1 aliphatic heterocycles. The standard InChI is InChI=1S/C14H21N3O3S/c1-10-11(15)6-5-7-12(10)21(19,20)17-9-8-16(4)13(18)14(17,2)3/h5-7H,8-9,15H2,1-4H3. The van der Waals surface area contributed by atoms with Gasteiger partial charge in [-0.1, -0.05) is 6.07 Å². The van der Waals surface area contributed by atoms with E-state index in [1.165, 1.54) is 10.4 Å². The molecule has 1 aromatic rings. The number of benzene rings is 1. The van der Waals surface area contributed by atoms with Gasteiger partial charge in [0, 0.05) is 25.8 Å². The van der Waals surface area contributed by atoms with Crippen molar-refractivity contribution in [2.45, 2.75) is 31.2 Å². The minimum Gasteiger partial charge on any atom is -0.398 e. The van der Waals surface area contributed by atoms with E-state index >= 15 is 0 Å². The zero-order valence-corrected chi connectivity index (χ0v) is 13.6. The highest BCUT2D eigenvalue weighted by Gasteiger charge is 2.47. The zero-order valence-electron chi connectivity index (χ0n) is 12.8. The van der Waals surface area contributed by atoms with Crippen LogP contribution in [0.4, 0.5) is 5.69 Å². The Labute approximate surface area is 125 Å². The van der Waals surface area contributed by atoms with Crippen LogP contribution in [0.25, 0.3) is 0 Å². The first-order chi connectivity index (χ1) is 9.60. The van der Waals surface area contributed by atoms with Gasteiger partial charge in [0.15, 0.2) is 0 Å². The van der Waals surface area contributed by atoms with Crippen molar-refractivity contribution in [1.29, 1.82) is 0 Å². The van der Waals surface area contributed by atoms with Gasteiger partial charge in [0.05, 0.1) is 4.90 Å². The van der Waals surface area contributed by atoms with Crippen LogP contribution < -0.4 is 5.73 Å². The monoisotopic (exact) mass is 311 g/mol. The van der Waals surface area contributed by atoms with Crippen molar-refractivity contribution in [3.05, 3.63) is 23.8 Å². The van der Waals surface area contributed by atoms with Crippen LogP contribution in [-0.4, -0.2) is 49.2 Å². The van der Waals surface area contributed by atoms with Crippen LogP contribution in [-0.2, 0) is 14.8 Å². The Morgan fingerprint density at radius 1 is 1.24 bits per heavy atom. The molecule has 0 spiro atoms. The fourth-order valence-corrected chi connectivity index (χ4v) is 4.64. The molecule has 0 saturated carbocycles. The van der Waals surface area contributed by atoms with Crippen LogP contribution in [0, 0.1) is 6.92 Å². The zero-order chi connectivity index (χ0) is 16.0. The molecule has 21 heavy (non-hydrogen) atoms. The topological polar surface area (TPSA) is 83.7 Å². The summed E-state index contributed by atoms with van der Waals surface area (Å²) < 4.78 is 27.1. The predicted molar refractivity (Wildman–Crippen MR) is 81.2 cm³/mol. The first kappa shape index (κ1) is 15.8. The molecule has 0 atom stereocenters. The number of hydrogen-bond acceptors (Lipinski definition) is 4. The lowest BCUT2D eigenvalue weighted by molar-refractivity contribution is -0.142. The van der Waals surface area contributed by atoms with Crippen LogP contribution in [0.15, 0.2) is 23.1 Å². The van der Waals surface area contributed by atoms with Crippen molar-refractivity contribution >= 4 is 21.6 Å². The van der Waals surface area contributed by atoms with E-state index in [0.29, 0.717) is 17.8 Å². The van der Waals surface area contributed by atoms with Gasteiger partial charge in [-0.3, -0.25) is 4.79 Å². The number of likely N-dealkylation sites (N-methyl/N-ethyl adjacent to an activating group) is 1. The van der Waals surface area contributed by atoms with Crippen molar-refractivity contribution in [2.24, 2.45) is 0 Å². The van der Waals surface area contributed by atoms with E-state index in [2.05, 4.69) is 0 Å². The summed E-state index contributed by atoms with van der Waals surface area (Å²) in [6, 6.07) is 4.80. The third kappa shape index (κ3) is 2.40. The molecule has 1 aliphatic rings. The maximum Gasteiger partial charge on any atom is 0.244 e. The Balaban J connectivity index is 2.54. The molecule has 1 fully saturated rings. The molecule has 1 heterocycles. The smallest absolute Gasteiger partial charge is 0.244 e. The fraction of sp³-hybridized carbons (Fsp3) is 0.500. The summed E-state index contributed by atoms with van der Waals surface area (Å²) in [5.41, 5.74) is 5.64. The Hall–Kier alpha value is -1.60. The summed E-state index contributed by atoms with van der Waals surface area (Å²) in [5.74, 6) is -0.209. The number of nitrogens with two attached hydrogens (primary N) is 1. The van der Waals surface area contributed by atoms with Gasteiger partial charge in [0.2, 0.25) is 15.9 Å². The molecule has 0 aromatic heterocycles. The molecule has 1 saturated heterocycles. The van der Waals surface area contributed by atoms with Crippen molar-refractivity contribution in [2.75, 3.05) is 25.9 Å². The largest absolute Gasteiger partial charge is 0.398 e. The van der Waals surface area contributed by atoms with Crippen molar-refractivity contribution < 1.29 is 13.2 Å². The van der Waals surface area contributed by atoms with Gasteiger partial charge in [0.25, 0.3) is 0 Å². The van der Waals surface area contributed by atoms with E-state index in [4.69, 9.17) is 5.73 Å². The van der Waals surface area contributed by atoms with Crippen molar-refractivity contribution in [1.82, 2.24) is 9.21 Å². The average Bonchev–Trinajstić information content (AvgIpc) is 2.38. The minimum atomic E-state index is -3.77. The number of sulfonamides is 1. The lowest BCUT2D eigenvalue weighted by Crippen LogP contribution is -2.63. The third-order valence-electron chi connectivity index (χ3n) is 4.03. The van der Waals surface area contributed by atoms with E-state index in [1.807, 2.05) is 0 Å². The summed E-state index contributed by atoms with van der Waals surface area (Å²) in [6.45, 7) is 5.58. The van der Waals surface area contributed by atoms with Gasteiger partial charge >= 0.3 is 0 Å². The summed E-state index contributed by atoms with van der Waals surface area (Å²) in [7, 11) is -2.09. The number of carbonyl (C=O) groups is 1. The number of nitrogen functional groups attached to an aromatic ring is 1. The Kier molecular flexibility index (Phi) is 3.75. The lowest BCUT2D eigenvalue weighted by Gasteiger charge is -2.43. The van der Waals surface area contributed by atoms with Crippen LogP contribution in [0.5, 0.6) is 0 Å². The Morgan fingerprint density at radius 2 is 1.86 bits per heavy atom. The number of rotatable bonds is 2. The number of piperazine rings is 1. The molecule has 0 bridgehead atoms. The molecular formula is C14H21N3O3S. The summed E-state index contributed by atoms with van der Waals surface area (Å²) in [4.78, 5) is 14.0. The van der Waals surface area contributed by atoms with E-state index in [0.717, 1.165) is 0 Å². The van der Waals surface area contributed by atoms with Gasteiger partial charge in [-0.2, -0.15) is 4.31 Å². The van der Waals surface area contributed by atoms with Crippen LogP contribution in [0.2, 0.25) is 0 Å². The number of amides is 1. The molecule has 1 amide bonds. The normalized spacial score (nSPS) is 19.8. The van der Waals surface area contributed by atoms with E-state index < -0.39 is 15.6 Å². The molecule has 2 rings (SSSR count). The van der Waals surface area contributed by atoms with Gasteiger partial charge < -0.3 is 10.6 Å². The summed E-state index contributed by atoms with van der Waals surface area (Å²) >= 11 is 0. The van der Waals surface area contributed by atoms with Crippen molar-refractivity contribution in [3.63, 3.8) is 0 Å². The molecular weight excluding hydrogens is 290 g/mol. The van der Waals surface area contributed by atoms with E-state index in [-0.39, 0.29) is 17.3 Å². The van der Waals surface area contributed by atoms with E-state index in [9.17, 15) is 13.2 Å². The molecule has 6 nitrogen and oxygen atoms in total. The lowest BCUT2D eigenvalue weighted by atomic mass is 10.0. The molecule has 2 N–H and O–H groups in total. The predicted octanol–water partition coefficient (Wildman–Crippen LogP) is 0.819. The molecule has 116 valence electrons. The maximum atomic E-state index is 12.9. The SMILES string of the molecule is Cc1c(N)cccc1S(=O)(=O)N1CCN(C)C(=O)C1(C)C. The van der Waals surface area contributed by atoms with Crippen LogP contribution >= 0.6 is 0 Å². The van der Waals surface area contributed by atoms with Crippen LogP contribution in [0.1, 0.15) is 19.4 Å². The minimum absolute atomic E-state index is 0.160. The van der Waals surface area contributed by atoms with Gasteiger partial charge in [-0.05, 0) is 38.5 Å². The maximum absolute atomic E-state index is 12.9. The van der Waals surface area contributed by atoms with Crippen molar-refractivity contribution in [3.8, 4) is 0 Å². The summed E-state index contributed by atoms with van der Waals surface area (Å²) in [6.07, 6.45) is 0. The molecule has 1 aromatic carbocycles. The van der Waals surface area contributed by atoms with Gasteiger partial charge in [-0.25, -0.2) is 8.42 Å². The number of hydrogen-bond donors (Lipinski definition) is 1. The second-order valence-corrected chi connectivity index (χ2v) is 7.66. The fourth-order valence-electron chi connectivity index (χ4n) is 2.65. The second kappa shape index (κ2) is 4.99. The second-order valence-electron chi connectivity index (χ2n) is 5.83. The molecule has 0 radical (unpaired) electrons. The van der Waals surface area contributed by atoms with Crippen LogP contribution in [0.3, 0.4) is 0 Å². The number of nitrogens with zero attached hydrogens (tertiary/aromatic N) is 2. The quantitative estimate of drug-likeness (QED) is 0.820. The number of anilines is 1. The van der Waals surface area contributed by atoms with E-state index in [1.54, 1.807) is 44.9 Å². The van der Waals surface area contributed by atoms with Gasteiger partial charge in [0.1, 0.15) is 5.54 Å². The Morgan fingerprint density at radius 3 is 2.48 bits per heavy atom. The van der Waals surface area contributed by atoms with Gasteiger partial charge in [-0.15, -0.1) is 0 Å². The molecule has 7 heteroatoms. The highest BCUT2D eigenvalue weighted by molar-refractivity contribution is 7.89. The summed E-state index contributed by atoms with van der Waals surface area (Å²) in [5, 5.41) is 0. The molecule has 0 unspecified atom stereocenters. The first-order valence-corrected chi connectivity index (χ1v) is 8.17. The third-order valence-corrected chi connectivity index (χ3v) is 6.24. The molecule has 0 aliphatic carbocycles. The highest BCUT2D eigenvalue weighted by Crippen LogP contribution is 2.31. The highest BCUT2D eigenvalue weighted by atomic mass is 32.2.